The highest BCUT2D eigenvalue weighted by Crippen LogP contribution is 2.25. The zero-order chi connectivity index (χ0) is 22.4. The number of likely N-dealkylation sites (tertiary alicyclic amines) is 1. The third-order valence-electron chi connectivity index (χ3n) is 4.73. The number of aromatic nitrogens is 3. The fourth-order valence-corrected chi connectivity index (χ4v) is 3.34. The molecule has 1 aliphatic heterocycles. The predicted molar refractivity (Wildman–Crippen MR) is 118 cm³/mol. The number of alkyl carbamates (subject to hydrolysis) is 1. The van der Waals surface area contributed by atoms with Gasteiger partial charge >= 0.3 is 6.09 Å². The van der Waals surface area contributed by atoms with Crippen LogP contribution in [0.25, 0.3) is 0 Å². The smallest absolute Gasteiger partial charge is 0.407 e. The van der Waals surface area contributed by atoms with Crippen LogP contribution in [0.1, 0.15) is 39.4 Å². The van der Waals surface area contributed by atoms with E-state index in [1.54, 1.807) is 7.11 Å². The summed E-state index contributed by atoms with van der Waals surface area (Å²) in [7, 11) is 1.61. The fraction of sp³-hybridized carbons (Fsp3) is 0.524. The highest BCUT2D eigenvalue weighted by Gasteiger charge is 2.24. The van der Waals surface area contributed by atoms with Crippen LogP contribution in [0.2, 0.25) is 0 Å². The average molecular weight is 430 g/mol. The van der Waals surface area contributed by atoms with Gasteiger partial charge in [0, 0.05) is 19.1 Å². The maximum atomic E-state index is 12.0. The lowest BCUT2D eigenvalue weighted by Crippen LogP contribution is -2.46. The van der Waals surface area contributed by atoms with E-state index in [1.807, 2.05) is 45.0 Å². The second kappa shape index (κ2) is 9.78. The normalized spacial score (nSPS) is 15.4. The molecule has 1 aromatic carbocycles. The summed E-state index contributed by atoms with van der Waals surface area (Å²) in [6, 6.07) is 7.60. The molecular weight excluding hydrogens is 398 g/mol. The van der Waals surface area contributed by atoms with Crippen LogP contribution in [0.4, 0.5) is 22.4 Å². The number of piperidine rings is 1. The Labute approximate surface area is 182 Å². The van der Waals surface area contributed by atoms with Crippen molar-refractivity contribution in [2.45, 2.75) is 51.8 Å². The molecule has 4 N–H and O–H groups in total. The number of rotatable bonds is 6. The van der Waals surface area contributed by atoms with Crippen molar-refractivity contribution in [3.05, 3.63) is 30.1 Å². The van der Waals surface area contributed by atoms with Gasteiger partial charge in [0.2, 0.25) is 11.9 Å². The van der Waals surface area contributed by atoms with Crippen LogP contribution in [0.3, 0.4) is 0 Å². The molecule has 31 heavy (non-hydrogen) atoms. The van der Waals surface area contributed by atoms with Crippen molar-refractivity contribution in [1.29, 1.82) is 0 Å². The molecule has 1 aliphatic rings. The number of hydrogen-bond donors (Lipinski definition) is 3. The van der Waals surface area contributed by atoms with Crippen LogP contribution in [0, 0.1) is 0 Å². The van der Waals surface area contributed by atoms with Crippen LogP contribution in [-0.2, 0) is 11.3 Å². The molecule has 2 aromatic rings. The number of ether oxygens (including phenoxy) is 2. The number of nitrogens with one attached hydrogen (secondary N) is 2. The van der Waals surface area contributed by atoms with E-state index in [0.717, 1.165) is 31.6 Å². The van der Waals surface area contributed by atoms with Gasteiger partial charge in [-0.05, 0) is 45.7 Å². The van der Waals surface area contributed by atoms with Crippen LogP contribution < -0.4 is 21.1 Å². The Bertz CT molecular complexity index is 893. The maximum Gasteiger partial charge on any atom is 0.407 e. The molecule has 0 radical (unpaired) electrons. The molecule has 1 aromatic heterocycles. The van der Waals surface area contributed by atoms with Gasteiger partial charge in [-0.25, -0.2) is 4.79 Å². The number of para-hydroxylation sites is 2. The highest BCUT2D eigenvalue weighted by molar-refractivity contribution is 5.68. The van der Waals surface area contributed by atoms with Gasteiger partial charge in [-0.3, -0.25) is 4.90 Å². The first-order valence-corrected chi connectivity index (χ1v) is 10.3. The molecule has 10 nitrogen and oxygen atoms in total. The minimum absolute atomic E-state index is 0.0947. The number of hydrogen-bond acceptors (Lipinski definition) is 9. The lowest BCUT2D eigenvalue weighted by molar-refractivity contribution is 0.0477. The number of methoxy groups -OCH3 is 1. The van der Waals surface area contributed by atoms with E-state index in [1.165, 1.54) is 0 Å². The van der Waals surface area contributed by atoms with E-state index in [-0.39, 0.29) is 18.1 Å². The van der Waals surface area contributed by atoms with Gasteiger partial charge in [-0.15, -0.1) is 0 Å². The first kappa shape index (κ1) is 22.5. The van der Waals surface area contributed by atoms with Crippen LogP contribution in [-0.4, -0.2) is 57.8 Å². The van der Waals surface area contributed by atoms with Crippen molar-refractivity contribution in [3.8, 4) is 5.75 Å². The monoisotopic (exact) mass is 429 g/mol. The van der Waals surface area contributed by atoms with Gasteiger partial charge in [0.25, 0.3) is 0 Å². The molecule has 0 aliphatic carbocycles. The standard InChI is InChI=1S/C21H31N7O3/c1-21(2,3)31-20(29)23-14-9-11-28(12-10-14)13-17-25-18(22)27-19(26-17)24-15-7-5-6-8-16(15)30-4/h5-8,14H,9-13H2,1-4H3,(H,23,29)(H3,22,24,25,26,27). The van der Waals surface area contributed by atoms with E-state index in [2.05, 4.69) is 30.5 Å². The zero-order valence-electron chi connectivity index (χ0n) is 18.5. The van der Waals surface area contributed by atoms with E-state index in [9.17, 15) is 4.79 Å². The number of nitrogens with zero attached hydrogens (tertiary/aromatic N) is 4. The van der Waals surface area contributed by atoms with Gasteiger partial charge in [0.05, 0.1) is 19.3 Å². The molecule has 3 rings (SSSR count). The van der Waals surface area contributed by atoms with Crippen molar-refractivity contribution < 1.29 is 14.3 Å². The molecule has 1 saturated heterocycles. The third-order valence-corrected chi connectivity index (χ3v) is 4.73. The second-order valence-electron chi connectivity index (χ2n) is 8.46. The van der Waals surface area contributed by atoms with Gasteiger partial charge in [0.1, 0.15) is 17.2 Å². The van der Waals surface area contributed by atoms with Crippen LogP contribution in [0.5, 0.6) is 5.75 Å². The highest BCUT2D eigenvalue weighted by atomic mass is 16.6. The molecule has 0 saturated carbocycles. The number of carbonyl (C=O) groups excluding carboxylic acids is 1. The lowest BCUT2D eigenvalue weighted by Gasteiger charge is -2.32. The molecule has 1 amide bonds. The molecule has 168 valence electrons. The average Bonchev–Trinajstić information content (AvgIpc) is 2.68. The SMILES string of the molecule is COc1ccccc1Nc1nc(N)nc(CN2CCC(NC(=O)OC(C)(C)C)CC2)n1. The Balaban J connectivity index is 1.56. The summed E-state index contributed by atoms with van der Waals surface area (Å²) in [5.41, 5.74) is 6.15. The van der Waals surface area contributed by atoms with Crippen LogP contribution in [0.15, 0.2) is 24.3 Å². The Morgan fingerprint density at radius 3 is 2.58 bits per heavy atom. The molecule has 0 bridgehead atoms. The molecule has 0 atom stereocenters. The molecule has 10 heteroatoms. The Morgan fingerprint density at radius 1 is 1.19 bits per heavy atom. The number of benzene rings is 1. The summed E-state index contributed by atoms with van der Waals surface area (Å²) in [4.78, 5) is 27.2. The Kier molecular flexibility index (Phi) is 7.11. The maximum absolute atomic E-state index is 12.0. The third kappa shape index (κ3) is 6.95. The second-order valence-corrected chi connectivity index (χ2v) is 8.46. The summed E-state index contributed by atoms with van der Waals surface area (Å²) in [5.74, 6) is 1.79. The lowest BCUT2D eigenvalue weighted by atomic mass is 10.1. The molecule has 1 fully saturated rings. The summed E-state index contributed by atoms with van der Waals surface area (Å²) in [6.07, 6.45) is 1.28. The number of nitrogens with two attached hydrogens (primary N) is 1. The fourth-order valence-electron chi connectivity index (χ4n) is 3.34. The Morgan fingerprint density at radius 2 is 1.90 bits per heavy atom. The number of amides is 1. The topological polar surface area (TPSA) is 128 Å². The summed E-state index contributed by atoms with van der Waals surface area (Å²) >= 11 is 0. The van der Waals surface area contributed by atoms with Crippen molar-refractivity contribution in [2.24, 2.45) is 0 Å². The molecule has 0 unspecified atom stereocenters. The molecule has 2 heterocycles. The largest absolute Gasteiger partial charge is 0.495 e. The predicted octanol–water partition coefficient (Wildman–Crippen LogP) is 2.70. The number of carbonyl (C=O) groups is 1. The molecule has 0 spiro atoms. The van der Waals surface area contributed by atoms with Crippen molar-refractivity contribution >= 4 is 23.7 Å². The van der Waals surface area contributed by atoms with E-state index < -0.39 is 5.60 Å². The van der Waals surface area contributed by atoms with E-state index >= 15 is 0 Å². The first-order valence-electron chi connectivity index (χ1n) is 10.3. The zero-order valence-corrected chi connectivity index (χ0v) is 18.5. The minimum Gasteiger partial charge on any atom is -0.495 e. The summed E-state index contributed by atoms with van der Waals surface area (Å²) in [6.45, 7) is 7.72. The van der Waals surface area contributed by atoms with Gasteiger partial charge in [-0.2, -0.15) is 15.0 Å². The van der Waals surface area contributed by atoms with Crippen LogP contribution >= 0.6 is 0 Å². The van der Waals surface area contributed by atoms with Gasteiger partial charge in [-0.1, -0.05) is 12.1 Å². The van der Waals surface area contributed by atoms with E-state index in [4.69, 9.17) is 15.2 Å². The van der Waals surface area contributed by atoms with Crippen molar-refractivity contribution in [3.63, 3.8) is 0 Å². The Hall–Kier alpha value is -3.14. The molecular formula is C21H31N7O3. The van der Waals surface area contributed by atoms with Crippen molar-refractivity contribution in [1.82, 2.24) is 25.2 Å². The number of anilines is 3. The minimum atomic E-state index is -0.501. The quantitative estimate of drug-likeness (QED) is 0.635. The first-order chi connectivity index (χ1) is 14.7. The number of nitrogen functional groups attached to an aromatic ring is 1. The van der Waals surface area contributed by atoms with Gasteiger partial charge < -0.3 is 25.8 Å². The van der Waals surface area contributed by atoms with Gasteiger partial charge in [0.15, 0.2) is 0 Å². The summed E-state index contributed by atoms with van der Waals surface area (Å²) < 4.78 is 10.7. The van der Waals surface area contributed by atoms with Crippen molar-refractivity contribution in [2.75, 3.05) is 31.2 Å². The van der Waals surface area contributed by atoms with E-state index in [0.29, 0.717) is 24.1 Å². The summed E-state index contributed by atoms with van der Waals surface area (Å²) in [5, 5.41) is 6.09.